The zero-order valence-electron chi connectivity index (χ0n) is 15.3. The van der Waals surface area contributed by atoms with E-state index in [1.165, 1.54) is 38.7 Å². The van der Waals surface area contributed by atoms with E-state index in [-0.39, 0.29) is 0 Å². The predicted octanol–water partition coefficient (Wildman–Crippen LogP) is 3.30. The Labute approximate surface area is 158 Å². The number of hydrogen-bond donors (Lipinski definition) is 2. The second kappa shape index (κ2) is 8.18. The Hall–Kier alpha value is -2.93. The number of nitrogen functional groups attached to an aromatic ring is 1. The summed E-state index contributed by atoms with van der Waals surface area (Å²) in [6.07, 6.45) is 7.12. The van der Waals surface area contributed by atoms with Crippen LogP contribution in [-0.2, 0) is 0 Å². The van der Waals surface area contributed by atoms with Gasteiger partial charge in [-0.1, -0.05) is 24.6 Å². The van der Waals surface area contributed by atoms with Crippen molar-refractivity contribution in [2.24, 2.45) is 0 Å². The number of pyridine rings is 1. The molecule has 0 spiro atoms. The molecule has 0 aliphatic carbocycles. The van der Waals surface area contributed by atoms with Crippen LogP contribution < -0.4 is 15.8 Å². The van der Waals surface area contributed by atoms with Gasteiger partial charge >= 0.3 is 0 Å². The van der Waals surface area contributed by atoms with Gasteiger partial charge in [-0.05, 0) is 38.1 Å². The number of para-hydroxylation sites is 1. The van der Waals surface area contributed by atoms with Gasteiger partial charge in [-0.2, -0.15) is 4.98 Å². The zero-order chi connectivity index (χ0) is 18.5. The first-order valence-corrected chi connectivity index (χ1v) is 9.39. The number of hydrogen-bond acceptors (Lipinski definition) is 7. The number of piperidine rings is 1. The van der Waals surface area contributed by atoms with Gasteiger partial charge in [-0.15, -0.1) is 0 Å². The molecule has 3 heterocycles. The van der Waals surface area contributed by atoms with Crippen LogP contribution in [0.4, 0.5) is 11.5 Å². The second-order valence-electron chi connectivity index (χ2n) is 6.70. The zero-order valence-corrected chi connectivity index (χ0v) is 15.3. The summed E-state index contributed by atoms with van der Waals surface area (Å²) in [4.78, 5) is 15.3. The maximum Gasteiger partial charge on any atom is 0.248 e. The normalized spacial score (nSPS) is 15.0. The van der Waals surface area contributed by atoms with Crippen molar-refractivity contribution in [2.75, 3.05) is 37.2 Å². The second-order valence-corrected chi connectivity index (χ2v) is 6.70. The molecule has 140 valence electrons. The third-order valence-electron chi connectivity index (χ3n) is 4.82. The molecule has 1 saturated heterocycles. The fraction of sp³-hybridized carbons (Fsp3) is 0.350. The fourth-order valence-corrected chi connectivity index (χ4v) is 3.38. The lowest BCUT2D eigenvalue weighted by Gasteiger charge is -2.26. The number of nitrogens with two attached hydrogens (primary N) is 1. The number of benzene rings is 1. The molecule has 7 nitrogen and oxygen atoms in total. The topological polar surface area (TPSA) is 89.2 Å². The highest BCUT2D eigenvalue weighted by Gasteiger charge is 2.13. The smallest absolute Gasteiger partial charge is 0.248 e. The fourth-order valence-electron chi connectivity index (χ4n) is 3.38. The van der Waals surface area contributed by atoms with Gasteiger partial charge in [0.1, 0.15) is 17.5 Å². The van der Waals surface area contributed by atoms with Gasteiger partial charge in [0.05, 0.1) is 0 Å². The molecule has 7 heteroatoms. The van der Waals surface area contributed by atoms with Crippen LogP contribution in [0.1, 0.15) is 19.3 Å². The van der Waals surface area contributed by atoms with Crippen LogP contribution in [0.2, 0.25) is 0 Å². The van der Waals surface area contributed by atoms with E-state index in [1.807, 2.05) is 30.3 Å². The number of rotatable bonds is 6. The molecule has 4 rings (SSSR count). The summed E-state index contributed by atoms with van der Waals surface area (Å²) in [6.45, 7) is 4.11. The summed E-state index contributed by atoms with van der Waals surface area (Å²) in [7, 11) is 0. The first kappa shape index (κ1) is 17.5. The van der Waals surface area contributed by atoms with Crippen molar-refractivity contribution in [1.82, 2.24) is 19.9 Å². The molecular formula is C20H24N6O. The number of nitrogens with zero attached hydrogens (tertiary/aromatic N) is 4. The molecule has 1 fully saturated rings. The molecule has 1 aliphatic rings. The minimum atomic E-state index is 0.337. The van der Waals surface area contributed by atoms with E-state index in [2.05, 4.69) is 25.2 Å². The van der Waals surface area contributed by atoms with Crippen LogP contribution >= 0.6 is 0 Å². The van der Waals surface area contributed by atoms with E-state index in [0.29, 0.717) is 23.1 Å². The van der Waals surface area contributed by atoms with Crippen molar-refractivity contribution in [2.45, 2.75) is 19.3 Å². The molecule has 27 heavy (non-hydrogen) atoms. The highest BCUT2D eigenvalue weighted by atomic mass is 16.5. The van der Waals surface area contributed by atoms with Gasteiger partial charge in [0.15, 0.2) is 11.6 Å². The Kier molecular flexibility index (Phi) is 5.29. The summed E-state index contributed by atoms with van der Waals surface area (Å²) < 4.78 is 5.97. The molecular weight excluding hydrogens is 340 g/mol. The Morgan fingerprint density at radius 3 is 2.78 bits per heavy atom. The number of aromatic nitrogens is 3. The van der Waals surface area contributed by atoms with Crippen LogP contribution in [0.25, 0.3) is 10.9 Å². The van der Waals surface area contributed by atoms with Gasteiger partial charge in [0.25, 0.3) is 0 Å². The standard InChI is InChI=1S/C20H24N6O/c21-17-19(23-10-13-26-11-2-1-3-12-26)24-14-25-20(17)27-16-8-4-6-15-7-5-9-22-18(15)16/h4-9,14H,1-3,10-13,21H2,(H,23,24,25). The first-order chi connectivity index (χ1) is 13.3. The van der Waals surface area contributed by atoms with Crippen LogP contribution in [0.3, 0.4) is 0 Å². The average Bonchev–Trinajstić information content (AvgIpc) is 2.72. The van der Waals surface area contributed by atoms with Crippen molar-refractivity contribution in [1.29, 1.82) is 0 Å². The van der Waals surface area contributed by atoms with E-state index in [9.17, 15) is 0 Å². The summed E-state index contributed by atoms with van der Waals surface area (Å²) >= 11 is 0. The molecule has 1 aromatic carbocycles. The molecule has 0 unspecified atom stereocenters. The Morgan fingerprint density at radius 2 is 1.89 bits per heavy atom. The van der Waals surface area contributed by atoms with E-state index >= 15 is 0 Å². The number of ether oxygens (including phenoxy) is 1. The van der Waals surface area contributed by atoms with Crippen LogP contribution in [0.5, 0.6) is 11.6 Å². The van der Waals surface area contributed by atoms with Crippen molar-refractivity contribution in [3.63, 3.8) is 0 Å². The summed E-state index contributed by atoms with van der Waals surface area (Å²) in [6, 6.07) is 9.67. The molecule has 0 amide bonds. The van der Waals surface area contributed by atoms with Crippen LogP contribution in [-0.4, -0.2) is 46.0 Å². The molecule has 0 atom stereocenters. The van der Waals surface area contributed by atoms with Crippen molar-refractivity contribution in [3.8, 4) is 11.6 Å². The highest BCUT2D eigenvalue weighted by molar-refractivity contribution is 5.84. The van der Waals surface area contributed by atoms with E-state index in [0.717, 1.165) is 24.0 Å². The van der Waals surface area contributed by atoms with Crippen molar-refractivity contribution >= 4 is 22.4 Å². The third kappa shape index (κ3) is 4.09. The lowest BCUT2D eigenvalue weighted by Crippen LogP contribution is -2.33. The maximum absolute atomic E-state index is 6.25. The number of likely N-dealkylation sites (tertiary alicyclic amines) is 1. The van der Waals surface area contributed by atoms with Gasteiger partial charge in [-0.25, -0.2) is 4.98 Å². The molecule has 0 saturated carbocycles. The maximum atomic E-state index is 6.25. The van der Waals surface area contributed by atoms with Gasteiger partial charge in [-0.3, -0.25) is 4.98 Å². The van der Waals surface area contributed by atoms with E-state index in [1.54, 1.807) is 6.20 Å². The summed E-state index contributed by atoms with van der Waals surface area (Å²) in [5.41, 5.74) is 7.43. The minimum absolute atomic E-state index is 0.337. The molecule has 0 bridgehead atoms. The van der Waals surface area contributed by atoms with Gasteiger partial charge in [0, 0.05) is 24.7 Å². The molecule has 1 aliphatic heterocycles. The summed E-state index contributed by atoms with van der Waals surface area (Å²) in [5.74, 6) is 1.56. The number of anilines is 2. The number of fused-ring (bicyclic) bond motifs is 1. The Balaban J connectivity index is 1.46. The van der Waals surface area contributed by atoms with Crippen molar-refractivity contribution in [3.05, 3.63) is 42.9 Å². The molecule has 2 aromatic heterocycles. The Bertz CT molecular complexity index is 905. The SMILES string of the molecule is Nc1c(NCCN2CCCCC2)ncnc1Oc1cccc2cccnc12. The monoisotopic (exact) mass is 364 g/mol. The van der Waals surface area contributed by atoms with Crippen LogP contribution in [0, 0.1) is 0 Å². The summed E-state index contributed by atoms with van der Waals surface area (Å²) in [5, 5.41) is 4.31. The lowest BCUT2D eigenvalue weighted by molar-refractivity contribution is 0.237. The molecule has 0 radical (unpaired) electrons. The minimum Gasteiger partial charge on any atom is -0.435 e. The lowest BCUT2D eigenvalue weighted by atomic mass is 10.1. The Morgan fingerprint density at radius 1 is 1.04 bits per heavy atom. The number of nitrogens with one attached hydrogen (secondary N) is 1. The third-order valence-corrected chi connectivity index (χ3v) is 4.82. The van der Waals surface area contributed by atoms with Crippen LogP contribution in [0.15, 0.2) is 42.9 Å². The predicted molar refractivity (Wildman–Crippen MR) is 107 cm³/mol. The largest absolute Gasteiger partial charge is 0.435 e. The van der Waals surface area contributed by atoms with E-state index in [4.69, 9.17) is 10.5 Å². The molecule has 3 aromatic rings. The highest BCUT2D eigenvalue weighted by Crippen LogP contribution is 2.32. The van der Waals surface area contributed by atoms with Crippen molar-refractivity contribution < 1.29 is 4.74 Å². The van der Waals surface area contributed by atoms with E-state index < -0.39 is 0 Å². The quantitative estimate of drug-likeness (QED) is 0.693. The average molecular weight is 364 g/mol. The first-order valence-electron chi connectivity index (χ1n) is 9.39. The van der Waals surface area contributed by atoms with Gasteiger partial charge < -0.3 is 20.7 Å². The molecule has 3 N–H and O–H groups in total. The van der Waals surface area contributed by atoms with Gasteiger partial charge in [0.2, 0.25) is 5.88 Å².